The minimum Gasteiger partial charge on any atom is -0.368 e. The molecule has 0 bridgehead atoms. The molecule has 2 fully saturated rings. The summed E-state index contributed by atoms with van der Waals surface area (Å²) < 4.78 is 5.46. The quantitative estimate of drug-likeness (QED) is 0.871. The van der Waals surface area contributed by atoms with Crippen molar-refractivity contribution in [3.63, 3.8) is 0 Å². The highest BCUT2D eigenvalue weighted by Crippen LogP contribution is 2.19. The van der Waals surface area contributed by atoms with Crippen molar-refractivity contribution in [1.29, 1.82) is 0 Å². The fourth-order valence-electron chi connectivity index (χ4n) is 3.66. The Morgan fingerprint density at radius 1 is 1.08 bits per heavy atom. The van der Waals surface area contributed by atoms with Crippen molar-refractivity contribution in [3.05, 3.63) is 46.2 Å². The van der Waals surface area contributed by atoms with E-state index >= 15 is 0 Å². The van der Waals surface area contributed by atoms with Crippen LogP contribution < -0.4 is 5.56 Å². The molecule has 0 aliphatic carbocycles. The highest BCUT2D eigenvalue weighted by Gasteiger charge is 2.31. The largest absolute Gasteiger partial charge is 0.368 e. The number of H-pyrrole nitrogens is 1. The third-order valence-electron chi connectivity index (χ3n) is 5.06. The molecule has 2 aromatic rings. The van der Waals surface area contributed by atoms with E-state index in [1.165, 1.54) is 6.07 Å². The van der Waals surface area contributed by atoms with E-state index in [0.29, 0.717) is 43.9 Å². The van der Waals surface area contributed by atoms with Crippen LogP contribution in [0, 0.1) is 0 Å². The summed E-state index contributed by atoms with van der Waals surface area (Å²) in [5, 5.41) is 0.731. The molecule has 136 valence electrons. The molecule has 0 radical (unpaired) electrons. The van der Waals surface area contributed by atoms with Crippen molar-refractivity contribution < 1.29 is 14.3 Å². The highest BCUT2D eigenvalue weighted by atomic mass is 16.5. The molecule has 7 nitrogen and oxygen atoms in total. The number of hydrogen-bond acceptors (Lipinski definition) is 4. The summed E-state index contributed by atoms with van der Waals surface area (Å²) in [6.45, 7) is 2.54. The highest BCUT2D eigenvalue weighted by molar-refractivity contribution is 6.06. The normalized spacial score (nSPS) is 20.5. The van der Waals surface area contributed by atoms with Crippen LogP contribution in [0.2, 0.25) is 0 Å². The van der Waals surface area contributed by atoms with Crippen LogP contribution in [0.3, 0.4) is 0 Å². The van der Waals surface area contributed by atoms with E-state index in [-0.39, 0.29) is 23.5 Å². The van der Waals surface area contributed by atoms with Crippen LogP contribution in [0.5, 0.6) is 0 Å². The number of nitrogens with zero attached hydrogens (tertiary/aromatic N) is 2. The number of ether oxygens (including phenoxy) is 1. The molecule has 2 saturated heterocycles. The monoisotopic (exact) mass is 355 g/mol. The second kappa shape index (κ2) is 6.92. The third kappa shape index (κ3) is 3.10. The molecule has 7 heteroatoms. The fraction of sp³-hybridized carbons (Fsp3) is 0.421. The van der Waals surface area contributed by atoms with Crippen molar-refractivity contribution >= 4 is 22.7 Å². The zero-order chi connectivity index (χ0) is 18.1. The Labute approximate surface area is 150 Å². The molecule has 1 unspecified atom stereocenters. The molecular formula is C19H21N3O4. The third-order valence-corrected chi connectivity index (χ3v) is 5.06. The number of pyridine rings is 1. The van der Waals surface area contributed by atoms with Crippen LogP contribution in [-0.2, 0) is 9.53 Å². The van der Waals surface area contributed by atoms with Crippen LogP contribution >= 0.6 is 0 Å². The van der Waals surface area contributed by atoms with Gasteiger partial charge in [0.05, 0.1) is 5.56 Å². The molecule has 1 N–H and O–H groups in total. The minimum absolute atomic E-state index is 0.0243. The van der Waals surface area contributed by atoms with Gasteiger partial charge in [-0.25, -0.2) is 0 Å². The number of hydrogen-bond donors (Lipinski definition) is 1. The van der Waals surface area contributed by atoms with Gasteiger partial charge in [-0.15, -0.1) is 0 Å². The number of benzene rings is 1. The molecule has 1 atom stereocenters. The van der Waals surface area contributed by atoms with Crippen molar-refractivity contribution in [2.45, 2.75) is 18.9 Å². The van der Waals surface area contributed by atoms with Crippen LogP contribution in [0.25, 0.3) is 10.9 Å². The molecule has 2 amide bonds. The molecule has 0 spiro atoms. The maximum absolute atomic E-state index is 12.9. The van der Waals surface area contributed by atoms with E-state index in [9.17, 15) is 14.4 Å². The summed E-state index contributed by atoms with van der Waals surface area (Å²) in [5.74, 6) is -0.146. The maximum atomic E-state index is 12.9. The van der Waals surface area contributed by atoms with Gasteiger partial charge in [-0.1, -0.05) is 18.2 Å². The zero-order valence-corrected chi connectivity index (χ0v) is 14.4. The Bertz CT molecular complexity index is 893. The Morgan fingerprint density at radius 3 is 2.54 bits per heavy atom. The number of para-hydroxylation sites is 1. The first-order chi connectivity index (χ1) is 12.6. The van der Waals surface area contributed by atoms with E-state index in [0.717, 1.165) is 18.2 Å². The number of rotatable bonds is 2. The first-order valence-electron chi connectivity index (χ1n) is 8.95. The van der Waals surface area contributed by atoms with Crippen LogP contribution in [0.4, 0.5) is 0 Å². The zero-order valence-electron chi connectivity index (χ0n) is 14.4. The second-order valence-corrected chi connectivity index (χ2v) is 6.71. The van der Waals surface area contributed by atoms with Crippen LogP contribution in [0.15, 0.2) is 35.1 Å². The minimum atomic E-state index is -0.325. The summed E-state index contributed by atoms with van der Waals surface area (Å²) in [5.41, 5.74) is 0.762. The van der Waals surface area contributed by atoms with Crippen LogP contribution in [0.1, 0.15) is 23.2 Å². The lowest BCUT2D eigenvalue weighted by Crippen LogP contribution is -2.52. The molecule has 4 rings (SSSR count). The first kappa shape index (κ1) is 16.8. The molecular weight excluding hydrogens is 334 g/mol. The van der Waals surface area contributed by atoms with E-state index in [1.54, 1.807) is 15.9 Å². The Balaban J connectivity index is 1.49. The Kier molecular flexibility index (Phi) is 4.46. The predicted octanol–water partition coefficient (Wildman–Crippen LogP) is 0.991. The van der Waals surface area contributed by atoms with Gasteiger partial charge in [-0.3, -0.25) is 14.4 Å². The van der Waals surface area contributed by atoms with Gasteiger partial charge in [-0.05, 0) is 18.9 Å². The van der Waals surface area contributed by atoms with Gasteiger partial charge in [0.25, 0.3) is 11.8 Å². The summed E-state index contributed by atoms with van der Waals surface area (Å²) in [4.78, 5) is 43.5. The predicted molar refractivity (Wildman–Crippen MR) is 96.0 cm³/mol. The van der Waals surface area contributed by atoms with E-state index in [2.05, 4.69) is 4.98 Å². The molecule has 1 aromatic carbocycles. The number of carbonyl (C=O) groups excluding carboxylic acids is 2. The maximum Gasteiger partial charge on any atom is 0.254 e. The van der Waals surface area contributed by atoms with Gasteiger partial charge in [0.15, 0.2) is 0 Å². The Hall–Kier alpha value is -2.67. The van der Waals surface area contributed by atoms with Gasteiger partial charge in [0.2, 0.25) is 5.56 Å². The molecule has 0 saturated carbocycles. The number of aromatic amines is 1. The Morgan fingerprint density at radius 2 is 1.81 bits per heavy atom. The van der Waals surface area contributed by atoms with Gasteiger partial charge < -0.3 is 19.5 Å². The van der Waals surface area contributed by atoms with Crippen LogP contribution in [-0.4, -0.2) is 65.5 Å². The van der Waals surface area contributed by atoms with Crippen molar-refractivity contribution in [1.82, 2.24) is 14.8 Å². The van der Waals surface area contributed by atoms with Crippen molar-refractivity contribution in [3.8, 4) is 0 Å². The second-order valence-electron chi connectivity index (χ2n) is 6.71. The summed E-state index contributed by atoms with van der Waals surface area (Å²) in [7, 11) is 0. The van der Waals surface area contributed by atoms with Crippen molar-refractivity contribution in [2.75, 3.05) is 32.8 Å². The molecule has 3 heterocycles. The molecule has 2 aliphatic heterocycles. The standard InChI is InChI=1S/C19H21N3O4/c23-17-12-14(13-4-1-2-5-15(13)20-17)18(24)21-7-9-22(10-8-21)19(25)16-6-3-11-26-16/h1-2,4-5,12,16H,3,6-11H2,(H,20,23). The average molecular weight is 355 g/mol. The summed E-state index contributed by atoms with van der Waals surface area (Å²) in [6.07, 6.45) is 1.37. The lowest BCUT2D eigenvalue weighted by atomic mass is 10.1. The summed E-state index contributed by atoms with van der Waals surface area (Å²) in [6, 6.07) is 8.63. The van der Waals surface area contributed by atoms with Crippen molar-refractivity contribution in [2.24, 2.45) is 0 Å². The van der Waals surface area contributed by atoms with Gasteiger partial charge in [0, 0.05) is 49.8 Å². The number of carbonyl (C=O) groups is 2. The lowest BCUT2D eigenvalue weighted by Gasteiger charge is -2.35. The smallest absolute Gasteiger partial charge is 0.254 e. The molecule has 26 heavy (non-hydrogen) atoms. The van der Waals surface area contributed by atoms with E-state index in [1.807, 2.05) is 18.2 Å². The average Bonchev–Trinajstić information content (AvgIpc) is 3.21. The first-order valence-corrected chi connectivity index (χ1v) is 8.95. The fourth-order valence-corrected chi connectivity index (χ4v) is 3.66. The number of amides is 2. The number of piperazine rings is 1. The topological polar surface area (TPSA) is 82.7 Å². The SMILES string of the molecule is O=C(c1cc(=O)[nH]c2ccccc12)N1CCN(C(=O)C2CCCO2)CC1. The summed E-state index contributed by atoms with van der Waals surface area (Å²) >= 11 is 0. The lowest BCUT2D eigenvalue weighted by molar-refractivity contribution is -0.142. The number of fused-ring (bicyclic) bond motifs is 1. The number of nitrogens with one attached hydrogen (secondary N) is 1. The van der Waals surface area contributed by atoms with Gasteiger partial charge in [0.1, 0.15) is 6.10 Å². The molecule has 1 aromatic heterocycles. The van der Waals surface area contributed by atoms with Gasteiger partial charge in [-0.2, -0.15) is 0 Å². The molecule has 2 aliphatic rings. The van der Waals surface area contributed by atoms with E-state index in [4.69, 9.17) is 4.74 Å². The number of aromatic nitrogens is 1. The van der Waals surface area contributed by atoms with Gasteiger partial charge >= 0.3 is 0 Å². The van der Waals surface area contributed by atoms with E-state index < -0.39 is 0 Å².